The lowest BCUT2D eigenvalue weighted by atomic mass is 10.1. The highest BCUT2D eigenvalue weighted by Crippen LogP contribution is 2.44. The van der Waals surface area contributed by atoms with Crippen LogP contribution in [0.2, 0.25) is 0 Å². The van der Waals surface area contributed by atoms with Crippen LogP contribution in [0.3, 0.4) is 0 Å². The quantitative estimate of drug-likeness (QED) is 0.327. The Kier molecular flexibility index (Phi) is 5.37. The van der Waals surface area contributed by atoms with E-state index in [-0.39, 0.29) is 11.3 Å². The summed E-state index contributed by atoms with van der Waals surface area (Å²) in [5, 5.41) is 11.5. The maximum atomic E-state index is 12.7. The molecule has 3 N–H and O–H groups in total. The first-order valence-electron chi connectivity index (χ1n) is 7.56. The number of aromatic amines is 1. The van der Waals surface area contributed by atoms with Gasteiger partial charge in [-0.15, -0.1) is 28.6 Å². The van der Waals surface area contributed by atoms with E-state index in [9.17, 15) is 9.59 Å². The number of amides is 1. The van der Waals surface area contributed by atoms with Gasteiger partial charge >= 0.3 is 5.97 Å². The molecule has 1 amide bonds. The summed E-state index contributed by atoms with van der Waals surface area (Å²) in [6.45, 7) is 5.41. The number of rotatable bonds is 5. The molecule has 8 nitrogen and oxygen atoms in total. The van der Waals surface area contributed by atoms with Gasteiger partial charge in [0, 0.05) is 15.7 Å². The number of carbonyl (C=O) groups excluding carboxylic acids is 2. The number of β-lactam (4-membered cyclic amide) rings is 1. The van der Waals surface area contributed by atoms with E-state index < -0.39 is 17.6 Å². The number of nitrogens with zero attached hydrogens (tertiary/aromatic N) is 3. The number of nitrogens with two attached hydrogens (primary N) is 1. The molecule has 0 spiro atoms. The van der Waals surface area contributed by atoms with Gasteiger partial charge in [-0.05, 0) is 20.8 Å². The number of nitrogens with one attached hydrogen (secondary N) is 1. The Hall–Kier alpha value is -1.17. The van der Waals surface area contributed by atoms with Crippen molar-refractivity contribution in [2.24, 2.45) is 5.73 Å². The average Bonchev–Trinajstić information content (AvgIpc) is 3.05. The summed E-state index contributed by atoms with van der Waals surface area (Å²) in [5.41, 5.74) is 5.56. The van der Waals surface area contributed by atoms with Gasteiger partial charge in [-0.3, -0.25) is 14.8 Å². The van der Waals surface area contributed by atoms with Crippen molar-refractivity contribution in [3.8, 4) is 0 Å². The van der Waals surface area contributed by atoms with Gasteiger partial charge in [0.15, 0.2) is 0 Å². The standard InChI is InChI=1S/C14H19N5O3S3/c1-14(2,3)22-13(21)10-7(24-6-25-8-4-16-18-17-8)5-23-12-9(15)11(20)19(10)12/h4,9,12H,5-6,15H2,1-3H3,(H,16,17,18)/t9?,12-/m0/s1. The second-order valence-electron chi connectivity index (χ2n) is 6.44. The summed E-state index contributed by atoms with van der Waals surface area (Å²) in [6.07, 6.45) is 1.64. The van der Waals surface area contributed by atoms with Crippen LogP contribution in [0.25, 0.3) is 0 Å². The summed E-state index contributed by atoms with van der Waals surface area (Å²) in [6, 6.07) is -0.556. The van der Waals surface area contributed by atoms with Crippen molar-refractivity contribution >= 4 is 47.2 Å². The molecule has 0 aliphatic carbocycles. The van der Waals surface area contributed by atoms with Crippen LogP contribution in [-0.4, -0.2) is 60.0 Å². The fourth-order valence-electron chi connectivity index (χ4n) is 2.34. The fourth-order valence-corrected chi connectivity index (χ4v) is 5.87. The Labute approximate surface area is 158 Å². The van der Waals surface area contributed by atoms with Crippen molar-refractivity contribution in [1.29, 1.82) is 0 Å². The maximum absolute atomic E-state index is 12.7. The van der Waals surface area contributed by atoms with Gasteiger partial charge in [0.05, 0.1) is 6.20 Å². The lowest BCUT2D eigenvalue weighted by Gasteiger charge is -2.48. The normalized spacial score (nSPS) is 23.4. The molecule has 0 aromatic carbocycles. The molecule has 2 aliphatic rings. The minimum absolute atomic E-state index is 0.191. The van der Waals surface area contributed by atoms with Crippen molar-refractivity contribution in [2.45, 2.75) is 42.8 Å². The molecule has 136 valence electrons. The molecule has 0 radical (unpaired) electrons. The second kappa shape index (κ2) is 7.22. The Balaban J connectivity index is 1.78. The SMILES string of the molecule is CC(C)(C)OC(=O)C1=C(SCSc2cnn[nH]2)CS[C@H]2C(N)C(=O)N12. The smallest absolute Gasteiger partial charge is 0.356 e. The Morgan fingerprint density at radius 1 is 1.52 bits per heavy atom. The van der Waals surface area contributed by atoms with Crippen LogP contribution in [-0.2, 0) is 14.3 Å². The number of hydrogen-bond donors (Lipinski definition) is 2. The third-order valence-corrected chi connectivity index (χ3v) is 7.03. The van der Waals surface area contributed by atoms with E-state index >= 15 is 0 Å². The van der Waals surface area contributed by atoms with Crippen molar-refractivity contribution in [3.05, 3.63) is 16.8 Å². The zero-order valence-electron chi connectivity index (χ0n) is 14.0. The molecule has 1 unspecified atom stereocenters. The van der Waals surface area contributed by atoms with Gasteiger partial charge < -0.3 is 10.5 Å². The fraction of sp³-hybridized carbons (Fsp3) is 0.571. The van der Waals surface area contributed by atoms with Crippen LogP contribution < -0.4 is 5.73 Å². The Bertz CT molecular complexity index is 701. The molecule has 1 fully saturated rings. The van der Waals surface area contributed by atoms with E-state index in [1.54, 1.807) is 38.7 Å². The van der Waals surface area contributed by atoms with Crippen LogP contribution in [0.4, 0.5) is 0 Å². The van der Waals surface area contributed by atoms with Crippen LogP contribution >= 0.6 is 35.3 Å². The van der Waals surface area contributed by atoms with Crippen molar-refractivity contribution in [1.82, 2.24) is 20.3 Å². The summed E-state index contributed by atoms with van der Waals surface area (Å²) in [5.74, 6) is -0.0845. The zero-order chi connectivity index (χ0) is 18.2. The number of hydrogen-bond acceptors (Lipinski definition) is 9. The molecule has 3 rings (SSSR count). The molecule has 1 aromatic rings. The molecule has 0 saturated carbocycles. The Morgan fingerprint density at radius 3 is 2.92 bits per heavy atom. The van der Waals surface area contributed by atoms with Crippen LogP contribution in [0.1, 0.15) is 20.8 Å². The Morgan fingerprint density at radius 2 is 2.28 bits per heavy atom. The van der Waals surface area contributed by atoms with Crippen molar-refractivity contribution in [2.75, 3.05) is 10.8 Å². The number of thioether (sulfide) groups is 3. The first-order chi connectivity index (χ1) is 11.8. The van der Waals surface area contributed by atoms with Gasteiger partial charge in [-0.1, -0.05) is 17.0 Å². The number of aromatic nitrogens is 3. The highest BCUT2D eigenvalue weighted by atomic mass is 32.2. The highest BCUT2D eigenvalue weighted by Gasteiger charge is 2.52. The summed E-state index contributed by atoms with van der Waals surface area (Å²) < 4.78 is 5.51. The van der Waals surface area contributed by atoms with Gasteiger partial charge in [0.2, 0.25) is 5.91 Å². The summed E-state index contributed by atoms with van der Waals surface area (Å²) >= 11 is 4.61. The van der Waals surface area contributed by atoms with E-state index in [2.05, 4.69) is 15.4 Å². The molecule has 3 heterocycles. The number of H-pyrrole nitrogens is 1. The predicted molar refractivity (Wildman–Crippen MR) is 98.6 cm³/mol. The maximum Gasteiger partial charge on any atom is 0.356 e. The van der Waals surface area contributed by atoms with Crippen molar-refractivity contribution < 1.29 is 14.3 Å². The zero-order valence-corrected chi connectivity index (χ0v) is 16.5. The van der Waals surface area contributed by atoms with Crippen molar-refractivity contribution in [3.63, 3.8) is 0 Å². The topological polar surface area (TPSA) is 114 Å². The molecule has 2 aliphatic heterocycles. The number of ether oxygens (including phenoxy) is 1. The lowest BCUT2D eigenvalue weighted by Crippen LogP contribution is -2.68. The summed E-state index contributed by atoms with van der Waals surface area (Å²) in [4.78, 5) is 27.2. The van der Waals surface area contributed by atoms with Crippen LogP contribution in [0.15, 0.2) is 21.8 Å². The minimum Gasteiger partial charge on any atom is -0.455 e. The third kappa shape index (κ3) is 3.99. The molecule has 25 heavy (non-hydrogen) atoms. The first-order valence-corrected chi connectivity index (χ1v) is 10.6. The van der Waals surface area contributed by atoms with Gasteiger partial charge in [-0.2, -0.15) is 0 Å². The van der Waals surface area contributed by atoms with Gasteiger partial charge in [-0.25, -0.2) is 4.79 Å². The third-order valence-electron chi connectivity index (χ3n) is 3.41. The van der Waals surface area contributed by atoms with E-state index in [1.165, 1.54) is 28.4 Å². The summed E-state index contributed by atoms with van der Waals surface area (Å²) in [7, 11) is 0. The number of fused-ring (bicyclic) bond motifs is 1. The largest absolute Gasteiger partial charge is 0.455 e. The second-order valence-corrected chi connectivity index (χ2v) is 9.99. The lowest BCUT2D eigenvalue weighted by molar-refractivity contribution is -0.157. The van der Waals surface area contributed by atoms with E-state index in [1.807, 2.05) is 0 Å². The predicted octanol–water partition coefficient (Wildman–Crippen LogP) is 1.38. The average molecular weight is 402 g/mol. The molecule has 0 bridgehead atoms. The monoisotopic (exact) mass is 401 g/mol. The molecular weight excluding hydrogens is 382 g/mol. The van der Waals surface area contributed by atoms with Crippen LogP contribution in [0.5, 0.6) is 0 Å². The van der Waals surface area contributed by atoms with Gasteiger partial charge in [0.25, 0.3) is 0 Å². The highest BCUT2D eigenvalue weighted by molar-refractivity contribution is 8.18. The van der Waals surface area contributed by atoms with E-state index in [4.69, 9.17) is 10.5 Å². The van der Waals surface area contributed by atoms with E-state index in [0.717, 1.165) is 9.93 Å². The minimum atomic E-state index is -0.633. The van der Waals surface area contributed by atoms with Crippen LogP contribution in [0, 0.1) is 0 Å². The first kappa shape index (κ1) is 18.6. The molecule has 2 atom stereocenters. The number of carbonyl (C=O) groups is 2. The van der Waals surface area contributed by atoms with E-state index in [0.29, 0.717) is 16.5 Å². The molecule has 1 aromatic heterocycles. The number of esters is 1. The molecule has 1 saturated heterocycles. The molecule has 11 heteroatoms. The molecular formula is C14H19N5O3S3. The van der Waals surface area contributed by atoms with Gasteiger partial charge in [0.1, 0.15) is 27.7 Å².